The summed E-state index contributed by atoms with van der Waals surface area (Å²) in [7, 11) is 0. The van der Waals surface area contributed by atoms with Crippen LogP contribution in [0.25, 0.3) is 0 Å². The summed E-state index contributed by atoms with van der Waals surface area (Å²) in [6.45, 7) is 5.15. The van der Waals surface area contributed by atoms with Gasteiger partial charge in [0.05, 0.1) is 0 Å². The topological polar surface area (TPSA) is 29.5 Å². The SMILES string of the molecule is CC(=O)O[C@@H]1CCCC[C@H]1CN1CCCCC1. The number of hydrogen-bond acceptors (Lipinski definition) is 3. The van der Waals surface area contributed by atoms with Gasteiger partial charge in [0.2, 0.25) is 0 Å². The van der Waals surface area contributed by atoms with E-state index >= 15 is 0 Å². The van der Waals surface area contributed by atoms with E-state index in [0.717, 1.165) is 13.0 Å². The second-order valence-corrected chi connectivity index (χ2v) is 5.55. The first-order chi connectivity index (χ1) is 8.25. The van der Waals surface area contributed by atoms with Gasteiger partial charge in [-0.2, -0.15) is 0 Å². The Bertz CT molecular complexity index is 249. The molecule has 0 aromatic heterocycles. The van der Waals surface area contributed by atoms with Gasteiger partial charge in [-0.25, -0.2) is 0 Å². The van der Waals surface area contributed by atoms with Crippen LogP contribution in [0, 0.1) is 5.92 Å². The third-order valence-corrected chi connectivity index (χ3v) is 4.10. The number of hydrogen-bond donors (Lipinski definition) is 0. The van der Waals surface area contributed by atoms with Crippen molar-refractivity contribution < 1.29 is 9.53 Å². The quantitative estimate of drug-likeness (QED) is 0.709. The highest BCUT2D eigenvalue weighted by atomic mass is 16.5. The number of ether oxygens (including phenoxy) is 1. The molecule has 1 saturated carbocycles. The summed E-state index contributed by atoms with van der Waals surface area (Å²) < 4.78 is 5.48. The van der Waals surface area contributed by atoms with E-state index in [-0.39, 0.29) is 12.1 Å². The van der Waals surface area contributed by atoms with Gasteiger partial charge in [0.15, 0.2) is 0 Å². The lowest BCUT2D eigenvalue weighted by Gasteiger charge is -2.36. The number of rotatable bonds is 3. The lowest BCUT2D eigenvalue weighted by Crippen LogP contribution is -2.40. The largest absolute Gasteiger partial charge is 0.462 e. The van der Waals surface area contributed by atoms with Gasteiger partial charge in [0.25, 0.3) is 0 Å². The Morgan fingerprint density at radius 2 is 1.82 bits per heavy atom. The number of nitrogens with zero attached hydrogens (tertiary/aromatic N) is 1. The third-order valence-electron chi connectivity index (χ3n) is 4.10. The molecule has 1 aliphatic heterocycles. The van der Waals surface area contributed by atoms with Crippen LogP contribution in [0.3, 0.4) is 0 Å². The van der Waals surface area contributed by atoms with Gasteiger partial charge in [0, 0.05) is 19.4 Å². The van der Waals surface area contributed by atoms with E-state index in [1.807, 2.05) is 0 Å². The molecule has 0 amide bonds. The molecule has 3 nitrogen and oxygen atoms in total. The summed E-state index contributed by atoms with van der Waals surface area (Å²) >= 11 is 0. The van der Waals surface area contributed by atoms with Crippen molar-refractivity contribution in [2.45, 2.75) is 58.0 Å². The van der Waals surface area contributed by atoms with Crippen molar-refractivity contribution in [3.8, 4) is 0 Å². The second kappa shape index (κ2) is 6.39. The zero-order valence-electron chi connectivity index (χ0n) is 11.0. The van der Waals surface area contributed by atoms with Gasteiger partial charge in [0.1, 0.15) is 6.10 Å². The Morgan fingerprint density at radius 1 is 1.12 bits per heavy atom. The molecule has 0 spiro atoms. The molecule has 1 saturated heterocycles. The molecule has 1 heterocycles. The molecule has 1 aliphatic carbocycles. The highest BCUT2D eigenvalue weighted by Crippen LogP contribution is 2.28. The minimum Gasteiger partial charge on any atom is -0.462 e. The summed E-state index contributed by atoms with van der Waals surface area (Å²) in [4.78, 5) is 13.7. The van der Waals surface area contributed by atoms with Gasteiger partial charge in [-0.3, -0.25) is 4.79 Å². The maximum atomic E-state index is 11.1. The Balaban J connectivity index is 1.84. The highest BCUT2D eigenvalue weighted by molar-refractivity contribution is 5.66. The maximum absolute atomic E-state index is 11.1. The molecule has 0 bridgehead atoms. The smallest absolute Gasteiger partial charge is 0.302 e. The van der Waals surface area contributed by atoms with Crippen LogP contribution in [0.1, 0.15) is 51.9 Å². The van der Waals surface area contributed by atoms with E-state index in [9.17, 15) is 4.79 Å². The Labute approximate surface area is 105 Å². The predicted octanol–water partition coefficient (Wildman–Crippen LogP) is 2.59. The molecule has 0 aromatic rings. The van der Waals surface area contributed by atoms with E-state index in [2.05, 4.69) is 4.90 Å². The molecule has 2 atom stereocenters. The number of esters is 1. The van der Waals surface area contributed by atoms with Gasteiger partial charge in [-0.1, -0.05) is 12.8 Å². The van der Waals surface area contributed by atoms with Crippen LogP contribution < -0.4 is 0 Å². The Morgan fingerprint density at radius 3 is 2.53 bits per heavy atom. The van der Waals surface area contributed by atoms with Crippen molar-refractivity contribution in [3.05, 3.63) is 0 Å². The van der Waals surface area contributed by atoms with Gasteiger partial charge in [-0.15, -0.1) is 0 Å². The average Bonchev–Trinajstić information content (AvgIpc) is 2.32. The third kappa shape index (κ3) is 3.98. The second-order valence-electron chi connectivity index (χ2n) is 5.55. The molecule has 2 fully saturated rings. The van der Waals surface area contributed by atoms with Crippen molar-refractivity contribution in [3.63, 3.8) is 0 Å². The van der Waals surface area contributed by atoms with Gasteiger partial charge in [-0.05, 0) is 45.2 Å². The van der Waals surface area contributed by atoms with Crippen LogP contribution in [0.15, 0.2) is 0 Å². The zero-order chi connectivity index (χ0) is 12.1. The monoisotopic (exact) mass is 239 g/mol. The van der Waals surface area contributed by atoms with Crippen LogP contribution in [0.2, 0.25) is 0 Å². The van der Waals surface area contributed by atoms with Crippen LogP contribution in [-0.4, -0.2) is 36.6 Å². The fourth-order valence-electron chi connectivity index (χ4n) is 3.22. The summed E-state index contributed by atoms with van der Waals surface area (Å²) in [6.07, 6.45) is 9.06. The van der Waals surface area contributed by atoms with E-state index in [1.165, 1.54) is 58.5 Å². The summed E-state index contributed by atoms with van der Waals surface area (Å²) in [6, 6.07) is 0. The van der Waals surface area contributed by atoms with E-state index in [1.54, 1.807) is 0 Å². The number of piperidine rings is 1. The standard InChI is InChI=1S/C14H25NO2/c1-12(16)17-14-8-4-3-7-13(14)11-15-9-5-2-6-10-15/h13-14H,2-11H2,1H3/t13-,14+/m0/s1. The first-order valence-electron chi connectivity index (χ1n) is 7.15. The molecule has 0 unspecified atom stereocenters. The first kappa shape index (κ1) is 12.9. The molecule has 17 heavy (non-hydrogen) atoms. The Kier molecular flexibility index (Phi) is 4.84. The summed E-state index contributed by atoms with van der Waals surface area (Å²) in [5.41, 5.74) is 0. The lowest BCUT2D eigenvalue weighted by atomic mass is 9.85. The van der Waals surface area contributed by atoms with Crippen molar-refractivity contribution >= 4 is 5.97 Å². The molecule has 0 aromatic carbocycles. The number of carbonyl (C=O) groups is 1. The van der Waals surface area contributed by atoms with Crippen LogP contribution in [0.5, 0.6) is 0 Å². The van der Waals surface area contributed by atoms with Crippen molar-refractivity contribution in [2.75, 3.05) is 19.6 Å². The van der Waals surface area contributed by atoms with Gasteiger partial charge >= 0.3 is 5.97 Å². The number of likely N-dealkylation sites (tertiary alicyclic amines) is 1. The Hall–Kier alpha value is -0.570. The van der Waals surface area contributed by atoms with Gasteiger partial charge < -0.3 is 9.64 Å². The molecular formula is C14H25NO2. The minimum atomic E-state index is -0.111. The molecular weight excluding hydrogens is 214 g/mol. The molecule has 2 aliphatic rings. The van der Waals surface area contributed by atoms with E-state index in [0.29, 0.717) is 5.92 Å². The lowest BCUT2D eigenvalue weighted by molar-refractivity contribution is -0.151. The van der Waals surface area contributed by atoms with Crippen LogP contribution >= 0.6 is 0 Å². The molecule has 2 rings (SSSR count). The highest BCUT2D eigenvalue weighted by Gasteiger charge is 2.29. The van der Waals surface area contributed by atoms with Crippen molar-refractivity contribution in [2.24, 2.45) is 5.92 Å². The minimum absolute atomic E-state index is 0.111. The normalized spacial score (nSPS) is 31.1. The van der Waals surface area contributed by atoms with Crippen LogP contribution in [-0.2, 0) is 9.53 Å². The van der Waals surface area contributed by atoms with Crippen molar-refractivity contribution in [1.82, 2.24) is 4.90 Å². The van der Waals surface area contributed by atoms with Crippen LogP contribution in [0.4, 0.5) is 0 Å². The van der Waals surface area contributed by atoms with E-state index < -0.39 is 0 Å². The zero-order valence-corrected chi connectivity index (χ0v) is 11.0. The fourth-order valence-corrected chi connectivity index (χ4v) is 3.22. The van der Waals surface area contributed by atoms with E-state index in [4.69, 9.17) is 4.74 Å². The average molecular weight is 239 g/mol. The summed E-state index contributed by atoms with van der Waals surface area (Å²) in [5.74, 6) is 0.464. The predicted molar refractivity (Wildman–Crippen MR) is 67.8 cm³/mol. The molecule has 3 heteroatoms. The van der Waals surface area contributed by atoms with Crippen molar-refractivity contribution in [1.29, 1.82) is 0 Å². The summed E-state index contributed by atoms with van der Waals surface area (Å²) in [5, 5.41) is 0. The molecule has 0 radical (unpaired) electrons. The molecule has 98 valence electrons. The maximum Gasteiger partial charge on any atom is 0.302 e. The molecule has 0 N–H and O–H groups in total. The number of carbonyl (C=O) groups excluding carboxylic acids is 1. The fraction of sp³-hybridized carbons (Fsp3) is 0.929. The first-order valence-corrected chi connectivity index (χ1v) is 7.15.